The number of amides is 1. The van der Waals surface area contributed by atoms with Gasteiger partial charge in [0.25, 0.3) is 5.91 Å². The molecule has 0 aromatic carbocycles. The first-order chi connectivity index (χ1) is 11.8. The molecular formula is C17H24Cl2F3N3O2. The third kappa shape index (κ3) is 6.12. The van der Waals surface area contributed by atoms with Gasteiger partial charge in [0.1, 0.15) is 5.56 Å². The second-order valence-corrected chi connectivity index (χ2v) is 6.94. The van der Waals surface area contributed by atoms with Crippen LogP contribution in [0.3, 0.4) is 0 Å². The molecule has 0 aliphatic heterocycles. The van der Waals surface area contributed by atoms with E-state index in [4.69, 9.17) is 10.5 Å². The highest BCUT2D eigenvalue weighted by molar-refractivity contribution is 5.96. The first kappa shape index (κ1) is 23.8. The summed E-state index contributed by atoms with van der Waals surface area (Å²) in [6.45, 7) is -1.48. The predicted molar refractivity (Wildman–Crippen MR) is 99.6 cm³/mol. The maximum Gasteiger partial charge on any atom is 0.422 e. The van der Waals surface area contributed by atoms with Crippen molar-refractivity contribution in [2.24, 2.45) is 17.6 Å². The number of nitrogens with one attached hydrogen (secondary N) is 1. The molecule has 3 rings (SSSR count). The molecule has 2 bridgehead atoms. The number of hydrogen-bond donors (Lipinski definition) is 2. The number of aromatic nitrogens is 1. The molecule has 1 aromatic rings. The van der Waals surface area contributed by atoms with Crippen LogP contribution >= 0.6 is 24.8 Å². The lowest BCUT2D eigenvalue weighted by Crippen LogP contribution is -2.53. The Morgan fingerprint density at radius 2 is 1.89 bits per heavy atom. The van der Waals surface area contributed by atoms with Gasteiger partial charge in [-0.15, -0.1) is 24.8 Å². The summed E-state index contributed by atoms with van der Waals surface area (Å²) in [7, 11) is 0. The van der Waals surface area contributed by atoms with E-state index in [9.17, 15) is 18.0 Å². The highest BCUT2D eigenvalue weighted by Crippen LogP contribution is 2.39. The number of halogens is 5. The quantitative estimate of drug-likeness (QED) is 0.767. The van der Waals surface area contributed by atoms with E-state index in [1.165, 1.54) is 18.3 Å². The molecular weight excluding hydrogens is 406 g/mol. The lowest BCUT2D eigenvalue weighted by molar-refractivity contribution is -0.154. The van der Waals surface area contributed by atoms with Gasteiger partial charge in [-0.2, -0.15) is 13.2 Å². The van der Waals surface area contributed by atoms with Crippen LogP contribution in [0.1, 0.15) is 42.5 Å². The fourth-order valence-corrected chi connectivity index (χ4v) is 4.08. The van der Waals surface area contributed by atoms with Crippen molar-refractivity contribution in [3.63, 3.8) is 0 Å². The predicted octanol–water partition coefficient (Wildman–Crippen LogP) is 3.50. The molecule has 2 aliphatic rings. The zero-order valence-corrected chi connectivity index (χ0v) is 16.2. The van der Waals surface area contributed by atoms with Crippen molar-refractivity contribution in [2.75, 3.05) is 6.61 Å². The molecule has 2 unspecified atom stereocenters. The van der Waals surface area contributed by atoms with Crippen molar-refractivity contribution >= 4 is 30.7 Å². The molecule has 2 atom stereocenters. The van der Waals surface area contributed by atoms with Crippen molar-refractivity contribution in [3.05, 3.63) is 23.9 Å². The van der Waals surface area contributed by atoms with Gasteiger partial charge in [-0.25, -0.2) is 4.98 Å². The minimum atomic E-state index is -4.48. The van der Waals surface area contributed by atoms with Crippen LogP contribution in [0, 0.1) is 11.8 Å². The molecule has 0 saturated heterocycles. The van der Waals surface area contributed by atoms with E-state index in [-0.39, 0.29) is 48.3 Å². The molecule has 5 nitrogen and oxygen atoms in total. The van der Waals surface area contributed by atoms with Crippen molar-refractivity contribution in [1.82, 2.24) is 10.3 Å². The first-order valence-corrected chi connectivity index (χ1v) is 8.54. The van der Waals surface area contributed by atoms with E-state index in [0.29, 0.717) is 11.8 Å². The van der Waals surface area contributed by atoms with E-state index >= 15 is 0 Å². The summed E-state index contributed by atoms with van der Waals surface area (Å²) >= 11 is 0. The summed E-state index contributed by atoms with van der Waals surface area (Å²) in [4.78, 5) is 16.4. The van der Waals surface area contributed by atoms with Crippen LogP contribution in [-0.4, -0.2) is 35.8 Å². The number of nitrogens with zero attached hydrogens (tertiary/aromatic N) is 1. The van der Waals surface area contributed by atoms with E-state index in [2.05, 4.69) is 10.3 Å². The second-order valence-electron chi connectivity index (χ2n) is 6.94. The molecule has 27 heavy (non-hydrogen) atoms. The van der Waals surface area contributed by atoms with Crippen LogP contribution in [0.15, 0.2) is 18.3 Å². The molecule has 10 heteroatoms. The van der Waals surface area contributed by atoms with Gasteiger partial charge in [0, 0.05) is 18.3 Å². The summed E-state index contributed by atoms with van der Waals surface area (Å²) in [6, 6.07) is 3.11. The van der Waals surface area contributed by atoms with Gasteiger partial charge in [0.15, 0.2) is 6.61 Å². The lowest BCUT2D eigenvalue weighted by atomic mass is 9.67. The van der Waals surface area contributed by atoms with Gasteiger partial charge in [0.2, 0.25) is 5.88 Å². The molecule has 154 valence electrons. The van der Waals surface area contributed by atoms with Crippen LogP contribution < -0.4 is 15.8 Å². The van der Waals surface area contributed by atoms with Crippen molar-refractivity contribution in [3.8, 4) is 5.88 Å². The zero-order chi connectivity index (χ0) is 18.0. The summed E-state index contributed by atoms with van der Waals surface area (Å²) in [5.41, 5.74) is 6.11. The Hall–Kier alpha value is -1.25. The van der Waals surface area contributed by atoms with E-state index in [1.54, 1.807) is 0 Å². The third-order valence-electron chi connectivity index (χ3n) is 5.06. The molecule has 0 radical (unpaired) electrons. The maximum atomic E-state index is 12.6. The number of fused-ring (bicyclic) bond motifs is 2. The largest absolute Gasteiger partial charge is 0.467 e. The number of rotatable bonds is 4. The molecule has 2 fully saturated rings. The second kappa shape index (κ2) is 9.80. The van der Waals surface area contributed by atoms with Crippen molar-refractivity contribution in [2.45, 2.75) is 50.4 Å². The Morgan fingerprint density at radius 1 is 1.26 bits per heavy atom. The standard InChI is InChI=1S/C17H22F3N3O2.2ClH/c18-17(19,20)9-25-16-13(5-2-6-22-16)15(24)23-14-10-3-1-4-11(14)8-12(21)7-10;;/h2,5-6,10-12,14H,1,3-4,7-9,21H2,(H,23,24);2*1H. The Balaban J connectivity index is 0.00000182. The first-order valence-electron chi connectivity index (χ1n) is 8.54. The fourth-order valence-electron chi connectivity index (χ4n) is 4.08. The van der Waals surface area contributed by atoms with Crippen LogP contribution in [-0.2, 0) is 0 Å². The van der Waals surface area contributed by atoms with E-state index < -0.39 is 18.7 Å². The Bertz CT molecular complexity index is 620. The van der Waals surface area contributed by atoms with Crippen molar-refractivity contribution in [1.29, 1.82) is 0 Å². The number of nitrogens with two attached hydrogens (primary N) is 1. The minimum Gasteiger partial charge on any atom is -0.467 e. The number of ether oxygens (including phenoxy) is 1. The average Bonchev–Trinajstić information content (AvgIpc) is 2.53. The SMILES string of the molecule is Cl.Cl.NC1CC2CCCC(C1)C2NC(=O)c1cccnc1OCC(F)(F)F. The van der Waals surface area contributed by atoms with Gasteiger partial charge in [-0.1, -0.05) is 6.42 Å². The maximum absolute atomic E-state index is 12.6. The van der Waals surface area contributed by atoms with Gasteiger partial charge in [-0.3, -0.25) is 4.79 Å². The lowest BCUT2D eigenvalue weighted by Gasteiger charge is -2.45. The Kier molecular flexibility index (Phi) is 8.63. The zero-order valence-electron chi connectivity index (χ0n) is 14.6. The summed E-state index contributed by atoms with van der Waals surface area (Å²) in [6.07, 6.45) is 1.71. The molecule has 3 N–H and O–H groups in total. The highest BCUT2D eigenvalue weighted by Gasteiger charge is 2.40. The highest BCUT2D eigenvalue weighted by atomic mass is 35.5. The molecule has 2 aliphatic carbocycles. The number of carbonyl (C=O) groups excluding carboxylic acids is 1. The van der Waals surface area contributed by atoms with Crippen LogP contribution in [0.25, 0.3) is 0 Å². The number of pyridine rings is 1. The van der Waals surface area contributed by atoms with Crippen LogP contribution in [0.2, 0.25) is 0 Å². The van der Waals surface area contributed by atoms with E-state index in [0.717, 1.165) is 32.1 Å². The Labute approximate surface area is 168 Å². The number of carbonyl (C=O) groups is 1. The third-order valence-corrected chi connectivity index (χ3v) is 5.06. The Morgan fingerprint density at radius 3 is 2.48 bits per heavy atom. The van der Waals surface area contributed by atoms with Crippen LogP contribution in [0.4, 0.5) is 13.2 Å². The summed E-state index contributed by atoms with van der Waals surface area (Å²) < 4.78 is 41.8. The molecule has 2 saturated carbocycles. The topological polar surface area (TPSA) is 77.2 Å². The van der Waals surface area contributed by atoms with Gasteiger partial charge in [-0.05, 0) is 49.7 Å². The normalized spacial score (nSPS) is 27.0. The van der Waals surface area contributed by atoms with Gasteiger partial charge >= 0.3 is 6.18 Å². The number of hydrogen-bond acceptors (Lipinski definition) is 4. The summed E-state index contributed by atoms with van der Waals surface area (Å²) in [5.74, 6) is -0.0945. The smallest absolute Gasteiger partial charge is 0.422 e. The number of alkyl halides is 3. The molecule has 1 heterocycles. The van der Waals surface area contributed by atoms with Crippen molar-refractivity contribution < 1.29 is 22.7 Å². The van der Waals surface area contributed by atoms with Crippen LogP contribution in [0.5, 0.6) is 5.88 Å². The monoisotopic (exact) mass is 429 g/mol. The average molecular weight is 430 g/mol. The van der Waals surface area contributed by atoms with Gasteiger partial charge in [0.05, 0.1) is 0 Å². The minimum absolute atomic E-state index is 0. The molecule has 1 aromatic heterocycles. The van der Waals surface area contributed by atoms with Gasteiger partial charge < -0.3 is 15.8 Å². The molecule has 0 spiro atoms. The fraction of sp³-hybridized carbons (Fsp3) is 0.647. The molecule has 1 amide bonds. The summed E-state index contributed by atoms with van der Waals surface area (Å²) in [5, 5.41) is 3.00. The van der Waals surface area contributed by atoms with E-state index in [1.807, 2.05) is 0 Å².